The molecule has 0 saturated carbocycles. The number of hydrogen-bond donors (Lipinski definition) is 0. The summed E-state index contributed by atoms with van der Waals surface area (Å²) in [4.78, 5) is 14.7. The van der Waals surface area contributed by atoms with E-state index in [0.717, 1.165) is 48.6 Å². The maximum absolute atomic E-state index is 12.7. The van der Waals surface area contributed by atoms with Gasteiger partial charge in [0.05, 0.1) is 0 Å². The van der Waals surface area contributed by atoms with E-state index in [-0.39, 0.29) is 18.6 Å². The second-order valence-electron chi connectivity index (χ2n) is 6.37. The molecule has 0 N–H and O–H groups in total. The van der Waals surface area contributed by atoms with Crippen molar-refractivity contribution >= 4 is 5.91 Å². The van der Waals surface area contributed by atoms with Gasteiger partial charge in [-0.25, -0.2) is 0 Å². The molecule has 4 nitrogen and oxygen atoms in total. The van der Waals surface area contributed by atoms with Crippen molar-refractivity contribution in [1.29, 1.82) is 0 Å². The molecular formula is C20H21NO3. The summed E-state index contributed by atoms with van der Waals surface area (Å²) in [6.45, 7) is 2.05. The minimum atomic E-state index is 0.0359. The van der Waals surface area contributed by atoms with E-state index in [1.54, 1.807) is 0 Å². The lowest BCUT2D eigenvalue weighted by atomic mass is 9.88. The van der Waals surface area contributed by atoms with Gasteiger partial charge in [0.2, 0.25) is 12.7 Å². The number of ether oxygens (including phenoxy) is 2. The van der Waals surface area contributed by atoms with Crippen LogP contribution in [-0.2, 0) is 4.79 Å². The van der Waals surface area contributed by atoms with Crippen LogP contribution in [0.15, 0.2) is 48.5 Å². The van der Waals surface area contributed by atoms with Crippen LogP contribution in [0.1, 0.15) is 36.3 Å². The fourth-order valence-corrected chi connectivity index (χ4v) is 3.51. The number of nitrogens with zero attached hydrogens (tertiary/aromatic N) is 1. The maximum Gasteiger partial charge on any atom is 0.231 e. The fourth-order valence-electron chi connectivity index (χ4n) is 3.51. The molecule has 2 aliphatic rings. The van der Waals surface area contributed by atoms with Crippen LogP contribution in [0.2, 0.25) is 0 Å². The Morgan fingerprint density at radius 1 is 0.958 bits per heavy atom. The molecular weight excluding hydrogens is 302 g/mol. The van der Waals surface area contributed by atoms with Crippen molar-refractivity contribution in [1.82, 2.24) is 4.90 Å². The zero-order chi connectivity index (χ0) is 16.4. The second kappa shape index (κ2) is 6.56. The molecule has 1 unspecified atom stereocenters. The van der Waals surface area contributed by atoms with Gasteiger partial charge in [0.15, 0.2) is 11.5 Å². The Morgan fingerprint density at radius 3 is 2.50 bits per heavy atom. The summed E-state index contributed by atoms with van der Waals surface area (Å²) >= 11 is 0. The lowest BCUT2D eigenvalue weighted by Gasteiger charge is -2.22. The largest absolute Gasteiger partial charge is 0.454 e. The van der Waals surface area contributed by atoms with Gasteiger partial charge in [-0.1, -0.05) is 36.4 Å². The number of carbonyl (C=O) groups is 1. The first kappa shape index (κ1) is 15.1. The summed E-state index contributed by atoms with van der Waals surface area (Å²) < 4.78 is 10.9. The van der Waals surface area contributed by atoms with Crippen LogP contribution >= 0.6 is 0 Å². The third-order valence-corrected chi connectivity index (χ3v) is 4.84. The molecule has 2 aliphatic heterocycles. The molecule has 1 amide bonds. The summed E-state index contributed by atoms with van der Waals surface area (Å²) in [6.07, 6.45) is 2.72. The zero-order valence-electron chi connectivity index (χ0n) is 13.6. The molecule has 0 spiro atoms. The summed E-state index contributed by atoms with van der Waals surface area (Å²) in [6, 6.07) is 16.2. The van der Waals surface area contributed by atoms with Crippen LogP contribution in [0.25, 0.3) is 0 Å². The van der Waals surface area contributed by atoms with Crippen molar-refractivity contribution < 1.29 is 14.3 Å². The number of amides is 1. The van der Waals surface area contributed by atoms with Crippen molar-refractivity contribution in [3.05, 3.63) is 59.7 Å². The van der Waals surface area contributed by atoms with Gasteiger partial charge in [-0.15, -0.1) is 0 Å². The average molecular weight is 323 g/mol. The molecule has 0 bridgehead atoms. The number of rotatable bonds is 4. The topological polar surface area (TPSA) is 38.8 Å². The summed E-state index contributed by atoms with van der Waals surface area (Å²) in [5.41, 5.74) is 2.25. The third-order valence-electron chi connectivity index (χ3n) is 4.84. The van der Waals surface area contributed by atoms with Gasteiger partial charge in [-0.2, -0.15) is 0 Å². The number of hydrogen-bond acceptors (Lipinski definition) is 3. The van der Waals surface area contributed by atoms with Crippen molar-refractivity contribution in [3.8, 4) is 11.5 Å². The highest BCUT2D eigenvalue weighted by Gasteiger charge is 2.25. The van der Waals surface area contributed by atoms with E-state index >= 15 is 0 Å². The van der Waals surface area contributed by atoms with Gasteiger partial charge in [0.25, 0.3) is 0 Å². The quantitative estimate of drug-likeness (QED) is 0.863. The number of likely N-dealkylation sites (tertiary alicyclic amines) is 1. The van der Waals surface area contributed by atoms with Crippen molar-refractivity contribution in [3.63, 3.8) is 0 Å². The molecule has 2 aromatic rings. The standard InChI is InChI=1S/C20H21NO3/c22-20(21-10-4-5-11-21)13-17(15-6-2-1-3-7-15)16-8-9-18-19(12-16)24-14-23-18/h1-3,6-9,12,17H,4-5,10-11,13-14H2. The zero-order valence-corrected chi connectivity index (χ0v) is 13.6. The van der Waals surface area contributed by atoms with Gasteiger partial charge in [0, 0.05) is 25.4 Å². The minimum absolute atomic E-state index is 0.0359. The summed E-state index contributed by atoms with van der Waals surface area (Å²) in [7, 11) is 0. The fraction of sp³-hybridized carbons (Fsp3) is 0.350. The molecule has 4 rings (SSSR count). The van der Waals surface area contributed by atoms with Crippen molar-refractivity contribution in [2.75, 3.05) is 19.9 Å². The van der Waals surface area contributed by atoms with Crippen LogP contribution in [0.3, 0.4) is 0 Å². The van der Waals surface area contributed by atoms with Crippen LogP contribution in [0.4, 0.5) is 0 Å². The number of fused-ring (bicyclic) bond motifs is 1. The van der Waals surface area contributed by atoms with Gasteiger partial charge >= 0.3 is 0 Å². The highest BCUT2D eigenvalue weighted by Crippen LogP contribution is 2.37. The van der Waals surface area contributed by atoms with Crippen LogP contribution < -0.4 is 9.47 Å². The SMILES string of the molecule is O=C(CC(c1ccccc1)c1ccc2c(c1)OCO2)N1CCCC1. The summed E-state index contributed by atoms with van der Waals surface area (Å²) in [5, 5.41) is 0. The molecule has 1 saturated heterocycles. The lowest BCUT2D eigenvalue weighted by molar-refractivity contribution is -0.130. The Balaban J connectivity index is 1.64. The van der Waals surface area contributed by atoms with Gasteiger partial charge < -0.3 is 14.4 Å². The normalized spacial score (nSPS) is 17.1. The van der Waals surface area contributed by atoms with Crippen LogP contribution in [-0.4, -0.2) is 30.7 Å². The first-order chi connectivity index (χ1) is 11.8. The molecule has 1 atom stereocenters. The molecule has 2 heterocycles. The van der Waals surface area contributed by atoms with Crippen LogP contribution in [0, 0.1) is 0 Å². The van der Waals surface area contributed by atoms with Crippen LogP contribution in [0.5, 0.6) is 11.5 Å². The Labute approximate surface area is 142 Å². The Morgan fingerprint density at radius 2 is 1.71 bits per heavy atom. The van der Waals surface area contributed by atoms with E-state index in [1.165, 1.54) is 0 Å². The molecule has 124 valence electrons. The predicted octanol–water partition coefficient (Wildman–Crippen LogP) is 3.56. The van der Waals surface area contributed by atoms with Gasteiger partial charge in [0.1, 0.15) is 0 Å². The van der Waals surface area contributed by atoms with E-state index in [9.17, 15) is 4.79 Å². The van der Waals surface area contributed by atoms with Crippen molar-refractivity contribution in [2.24, 2.45) is 0 Å². The Bertz CT molecular complexity index is 723. The molecule has 0 aromatic heterocycles. The first-order valence-corrected chi connectivity index (χ1v) is 8.53. The van der Waals surface area contributed by atoms with E-state index in [2.05, 4.69) is 12.1 Å². The van der Waals surface area contributed by atoms with E-state index in [1.807, 2.05) is 41.3 Å². The van der Waals surface area contributed by atoms with E-state index in [0.29, 0.717) is 6.42 Å². The second-order valence-corrected chi connectivity index (χ2v) is 6.37. The Kier molecular flexibility index (Phi) is 4.11. The first-order valence-electron chi connectivity index (χ1n) is 8.53. The number of carbonyl (C=O) groups excluding carboxylic acids is 1. The van der Waals surface area contributed by atoms with Crippen molar-refractivity contribution in [2.45, 2.75) is 25.2 Å². The molecule has 0 aliphatic carbocycles. The smallest absolute Gasteiger partial charge is 0.231 e. The highest BCUT2D eigenvalue weighted by molar-refractivity contribution is 5.78. The molecule has 2 aromatic carbocycles. The predicted molar refractivity (Wildman–Crippen MR) is 91.3 cm³/mol. The lowest BCUT2D eigenvalue weighted by Crippen LogP contribution is -2.29. The maximum atomic E-state index is 12.7. The van der Waals surface area contributed by atoms with Gasteiger partial charge in [-0.05, 0) is 36.1 Å². The van der Waals surface area contributed by atoms with E-state index in [4.69, 9.17) is 9.47 Å². The molecule has 24 heavy (non-hydrogen) atoms. The van der Waals surface area contributed by atoms with E-state index < -0.39 is 0 Å². The third kappa shape index (κ3) is 2.96. The number of benzene rings is 2. The monoisotopic (exact) mass is 323 g/mol. The minimum Gasteiger partial charge on any atom is -0.454 e. The average Bonchev–Trinajstić information content (AvgIpc) is 3.31. The molecule has 4 heteroatoms. The van der Waals surface area contributed by atoms with Gasteiger partial charge in [-0.3, -0.25) is 4.79 Å². The summed E-state index contributed by atoms with van der Waals surface area (Å²) in [5.74, 6) is 1.81. The molecule has 1 fully saturated rings. The Hall–Kier alpha value is -2.49. The molecule has 0 radical (unpaired) electrons. The highest BCUT2D eigenvalue weighted by atomic mass is 16.7.